The number of amides is 3. The second-order valence-electron chi connectivity index (χ2n) is 8.68. The fourth-order valence-corrected chi connectivity index (χ4v) is 4.44. The number of nitrogens with zero attached hydrogens (tertiary/aromatic N) is 2. The van der Waals surface area contributed by atoms with Crippen LogP contribution in [0, 0.1) is 5.92 Å². The fraction of sp³-hybridized carbons (Fsp3) is 0.400. The van der Waals surface area contributed by atoms with Gasteiger partial charge in [0.2, 0.25) is 18.6 Å². The van der Waals surface area contributed by atoms with Gasteiger partial charge in [-0.1, -0.05) is 6.07 Å². The lowest BCUT2D eigenvalue weighted by atomic mass is 10.1. The summed E-state index contributed by atoms with van der Waals surface area (Å²) < 4.78 is 16.3. The Labute approximate surface area is 197 Å². The van der Waals surface area contributed by atoms with E-state index in [-0.39, 0.29) is 37.5 Å². The molecule has 0 aliphatic carbocycles. The fourth-order valence-electron chi connectivity index (χ4n) is 4.44. The molecule has 3 aliphatic rings. The molecular formula is C25H27N3O6. The topological polar surface area (TPSA) is 97.4 Å². The number of fused-ring (bicyclic) bond motifs is 1. The zero-order chi connectivity index (χ0) is 23.5. The van der Waals surface area contributed by atoms with Gasteiger partial charge >= 0.3 is 0 Å². The highest BCUT2D eigenvalue weighted by Crippen LogP contribution is 2.32. The van der Waals surface area contributed by atoms with E-state index in [9.17, 15) is 14.4 Å². The Kier molecular flexibility index (Phi) is 6.24. The van der Waals surface area contributed by atoms with Crippen LogP contribution in [0.2, 0.25) is 0 Å². The molecule has 3 amide bonds. The Balaban J connectivity index is 1.12. The summed E-state index contributed by atoms with van der Waals surface area (Å²) in [6.07, 6.45) is 2.25. The van der Waals surface area contributed by atoms with E-state index in [0.717, 1.165) is 31.5 Å². The minimum absolute atomic E-state index is 0.00755. The summed E-state index contributed by atoms with van der Waals surface area (Å²) in [4.78, 5) is 40.8. The van der Waals surface area contributed by atoms with E-state index in [4.69, 9.17) is 14.2 Å². The second-order valence-corrected chi connectivity index (χ2v) is 8.68. The number of nitrogens with one attached hydrogen (secondary N) is 1. The van der Waals surface area contributed by atoms with Crippen LogP contribution in [0.5, 0.6) is 17.2 Å². The van der Waals surface area contributed by atoms with Crippen LogP contribution in [0.1, 0.15) is 24.8 Å². The SMILES string of the molecule is O=C(NCc1ccc2c(c1)OCO2)[C@@H]1CC(=O)N(c2ccc(OCC(=O)N3CCCC3)cc2)C1. The number of carbonyl (C=O) groups excluding carboxylic acids is 3. The number of likely N-dealkylation sites (tertiary alicyclic amines) is 1. The smallest absolute Gasteiger partial charge is 0.260 e. The zero-order valence-electron chi connectivity index (χ0n) is 18.8. The van der Waals surface area contributed by atoms with Crippen LogP contribution in [0.15, 0.2) is 42.5 Å². The molecule has 0 bridgehead atoms. The van der Waals surface area contributed by atoms with Crippen LogP contribution in [-0.2, 0) is 20.9 Å². The van der Waals surface area contributed by atoms with Crippen molar-refractivity contribution >= 4 is 23.4 Å². The average Bonchev–Trinajstić information content (AvgIpc) is 3.62. The Morgan fingerprint density at radius 2 is 1.79 bits per heavy atom. The third-order valence-electron chi connectivity index (χ3n) is 6.37. The molecule has 9 nitrogen and oxygen atoms in total. The number of rotatable bonds is 7. The number of carbonyl (C=O) groups is 3. The second kappa shape index (κ2) is 9.62. The monoisotopic (exact) mass is 465 g/mol. The van der Waals surface area contributed by atoms with Crippen molar-refractivity contribution in [3.8, 4) is 17.2 Å². The third kappa shape index (κ3) is 4.78. The molecule has 2 saturated heterocycles. The van der Waals surface area contributed by atoms with E-state index < -0.39 is 5.92 Å². The van der Waals surface area contributed by atoms with Gasteiger partial charge in [-0.3, -0.25) is 14.4 Å². The van der Waals surface area contributed by atoms with Crippen LogP contribution < -0.4 is 24.4 Å². The maximum absolute atomic E-state index is 12.7. The summed E-state index contributed by atoms with van der Waals surface area (Å²) in [5.74, 6) is 1.25. The summed E-state index contributed by atoms with van der Waals surface area (Å²) in [5.41, 5.74) is 1.60. The molecule has 3 aliphatic heterocycles. The van der Waals surface area contributed by atoms with Gasteiger partial charge < -0.3 is 29.3 Å². The molecule has 1 N–H and O–H groups in total. The van der Waals surface area contributed by atoms with Crippen LogP contribution in [0.3, 0.4) is 0 Å². The number of hydrogen-bond acceptors (Lipinski definition) is 6. The normalized spacial score (nSPS) is 18.9. The molecule has 34 heavy (non-hydrogen) atoms. The molecule has 0 aromatic heterocycles. The first-order valence-corrected chi connectivity index (χ1v) is 11.5. The van der Waals surface area contributed by atoms with Gasteiger partial charge in [-0.2, -0.15) is 0 Å². The van der Waals surface area contributed by atoms with E-state index in [2.05, 4.69) is 5.32 Å². The van der Waals surface area contributed by atoms with Crippen molar-refractivity contribution in [1.29, 1.82) is 0 Å². The number of benzene rings is 2. The summed E-state index contributed by atoms with van der Waals surface area (Å²) >= 11 is 0. The minimum Gasteiger partial charge on any atom is -0.484 e. The van der Waals surface area contributed by atoms with E-state index in [1.807, 2.05) is 23.1 Å². The summed E-state index contributed by atoms with van der Waals surface area (Å²) in [6.45, 7) is 2.47. The maximum atomic E-state index is 12.7. The lowest BCUT2D eigenvalue weighted by molar-refractivity contribution is -0.132. The van der Waals surface area contributed by atoms with Gasteiger partial charge in [-0.15, -0.1) is 0 Å². The average molecular weight is 466 g/mol. The molecule has 2 aromatic rings. The molecule has 2 fully saturated rings. The number of hydrogen-bond donors (Lipinski definition) is 1. The largest absolute Gasteiger partial charge is 0.484 e. The third-order valence-corrected chi connectivity index (χ3v) is 6.37. The molecule has 2 aromatic carbocycles. The van der Waals surface area contributed by atoms with Crippen molar-refractivity contribution in [2.75, 3.05) is 37.9 Å². The highest BCUT2D eigenvalue weighted by atomic mass is 16.7. The Morgan fingerprint density at radius 1 is 1.03 bits per heavy atom. The van der Waals surface area contributed by atoms with Crippen molar-refractivity contribution in [3.63, 3.8) is 0 Å². The van der Waals surface area contributed by atoms with Crippen LogP contribution in [0.25, 0.3) is 0 Å². The molecule has 5 rings (SSSR count). The van der Waals surface area contributed by atoms with Crippen molar-refractivity contribution in [2.45, 2.75) is 25.8 Å². The van der Waals surface area contributed by atoms with E-state index in [1.54, 1.807) is 29.2 Å². The Bertz CT molecular complexity index is 1080. The summed E-state index contributed by atoms with van der Waals surface area (Å²) in [7, 11) is 0. The highest BCUT2D eigenvalue weighted by Gasteiger charge is 2.35. The molecule has 1 atom stereocenters. The van der Waals surface area contributed by atoms with E-state index >= 15 is 0 Å². The first-order chi connectivity index (χ1) is 16.6. The van der Waals surface area contributed by atoms with Crippen LogP contribution in [0.4, 0.5) is 5.69 Å². The standard InChI is InChI=1S/C25H27N3O6/c29-23-12-18(25(31)26-13-17-3-8-21-22(11-17)34-16-33-21)14-28(23)19-4-6-20(7-5-19)32-15-24(30)27-9-1-2-10-27/h3-8,11,18H,1-2,9-10,12-16H2,(H,26,31)/t18-/m1/s1. The van der Waals surface area contributed by atoms with E-state index in [1.165, 1.54) is 0 Å². The zero-order valence-corrected chi connectivity index (χ0v) is 18.8. The van der Waals surface area contributed by atoms with Crippen molar-refractivity contribution in [1.82, 2.24) is 10.2 Å². The predicted octanol–water partition coefficient (Wildman–Crippen LogP) is 2.09. The van der Waals surface area contributed by atoms with Gasteiger partial charge in [-0.25, -0.2) is 0 Å². The predicted molar refractivity (Wildman–Crippen MR) is 123 cm³/mol. The molecule has 0 radical (unpaired) electrons. The summed E-state index contributed by atoms with van der Waals surface area (Å²) in [5, 5.41) is 2.91. The summed E-state index contributed by atoms with van der Waals surface area (Å²) in [6, 6.07) is 12.6. The molecule has 0 spiro atoms. The van der Waals surface area contributed by atoms with Crippen molar-refractivity contribution in [2.24, 2.45) is 5.92 Å². The van der Waals surface area contributed by atoms with Gasteiger partial charge in [-0.05, 0) is 54.8 Å². The first-order valence-electron chi connectivity index (χ1n) is 11.5. The quantitative estimate of drug-likeness (QED) is 0.673. The van der Waals surface area contributed by atoms with Gasteiger partial charge in [0, 0.05) is 38.3 Å². The lowest BCUT2D eigenvalue weighted by Crippen LogP contribution is -2.32. The molecule has 9 heteroatoms. The minimum atomic E-state index is -0.421. The highest BCUT2D eigenvalue weighted by molar-refractivity contribution is 6.00. The Morgan fingerprint density at radius 3 is 2.59 bits per heavy atom. The molecule has 3 heterocycles. The van der Waals surface area contributed by atoms with Gasteiger partial charge in [0.05, 0.1) is 5.92 Å². The Hall–Kier alpha value is -3.75. The first kappa shape index (κ1) is 22.1. The van der Waals surface area contributed by atoms with Gasteiger partial charge in [0.15, 0.2) is 18.1 Å². The molecule has 178 valence electrons. The van der Waals surface area contributed by atoms with Crippen LogP contribution >= 0.6 is 0 Å². The number of ether oxygens (including phenoxy) is 3. The maximum Gasteiger partial charge on any atom is 0.260 e. The van der Waals surface area contributed by atoms with E-state index in [0.29, 0.717) is 36.0 Å². The molecular weight excluding hydrogens is 438 g/mol. The number of anilines is 1. The van der Waals surface area contributed by atoms with Gasteiger partial charge in [0.1, 0.15) is 5.75 Å². The van der Waals surface area contributed by atoms with Gasteiger partial charge in [0.25, 0.3) is 5.91 Å². The van der Waals surface area contributed by atoms with Crippen molar-refractivity contribution < 1.29 is 28.6 Å². The molecule has 0 unspecified atom stereocenters. The van der Waals surface area contributed by atoms with Crippen molar-refractivity contribution in [3.05, 3.63) is 48.0 Å². The molecule has 0 saturated carbocycles. The lowest BCUT2D eigenvalue weighted by Gasteiger charge is -2.18. The van der Waals surface area contributed by atoms with Crippen LogP contribution in [-0.4, -0.2) is 55.7 Å².